The third-order valence-electron chi connectivity index (χ3n) is 2.58. The van der Waals surface area contributed by atoms with E-state index in [2.05, 4.69) is 23.6 Å². The molecule has 3 nitrogen and oxygen atoms in total. The van der Waals surface area contributed by atoms with E-state index in [0.29, 0.717) is 0 Å². The minimum absolute atomic E-state index is 0.0278. The van der Waals surface area contributed by atoms with Crippen LogP contribution in [0.25, 0.3) is 0 Å². The molecule has 0 heterocycles. The fourth-order valence-electron chi connectivity index (χ4n) is 1.68. The van der Waals surface area contributed by atoms with Crippen molar-refractivity contribution in [2.24, 2.45) is 0 Å². The Balaban J connectivity index is 2.67. The lowest BCUT2D eigenvalue weighted by molar-refractivity contribution is -0.122. The average molecular weight is 234 g/mol. The van der Waals surface area contributed by atoms with E-state index in [4.69, 9.17) is 0 Å². The highest BCUT2D eigenvalue weighted by molar-refractivity contribution is 5.84. The molecule has 0 spiro atoms. The Labute approximate surface area is 104 Å². The second-order valence-corrected chi connectivity index (χ2v) is 4.85. The quantitative estimate of drug-likeness (QED) is 0.841. The Morgan fingerprint density at radius 3 is 2.35 bits per heavy atom. The van der Waals surface area contributed by atoms with Gasteiger partial charge in [0.2, 0.25) is 5.91 Å². The van der Waals surface area contributed by atoms with Crippen molar-refractivity contribution in [3.8, 4) is 0 Å². The van der Waals surface area contributed by atoms with Crippen molar-refractivity contribution >= 4 is 11.6 Å². The van der Waals surface area contributed by atoms with Gasteiger partial charge in [0.25, 0.3) is 0 Å². The highest BCUT2D eigenvalue weighted by Crippen LogP contribution is 2.16. The van der Waals surface area contributed by atoms with Gasteiger partial charge in [0, 0.05) is 11.7 Å². The van der Waals surface area contributed by atoms with E-state index in [9.17, 15) is 4.79 Å². The molecular weight excluding hydrogens is 212 g/mol. The SMILES string of the molecule is Cc1ccc(N[C@H](C)C(=O)NC(C)C)c(C)c1. The molecule has 94 valence electrons. The van der Waals surface area contributed by atoms with Crippen molar-refractivity contribution in [3.05, 3.63) is 29.3 Å². The second kappa shape index (κ2) is 5.71. The lowest BCUT2D eigenvalue weighted by Crippen LogP contribution is -2.41. The number of hydrogen-bond donors (Lipinski definition) is 2. The van der Waals surface area contributed by atoms with Crippen LogP contribution in [0.4, 0.5) is 5.69 Å². The standard InChI is InChI=1S/C14H22N2O/c1-9(2)15-14(17)12(5)16-13-7-6-10(3)8-11(13)4/h6-9,12,16H,1-5H3,(H,15,17)/t12-/m1/s1. The zero-order valence-corrected chi connectivity index (χ0v) is 11.3. The Hall–Kier alpha value is -1.51. The average Bonchev–Trinajstić information content (AvgIpc) is 2.21. The van der Waals surface area contributed by atoms with Gasteiger partial charge < -0.3 is 10.6 Å². The van der Waals surface area contributed by atoms with E-state index < -0.39 is 0 Å². The van der Waals surface area contributed by atoms with Gasteiger partial charge in [-0.2, -0.15) is 0 Å². The van der Waals surface area contributed by atoms with Crippen LogP contribution in [-0.2, 0) is 4.79 Å². The third kappa shape index (κ3) is 4.10. The number of aryl methyl sites for hydroxylation is 2. The summed E-state index contributed by atoms with van der Waals surface area (Å²) < 4.78 is 0. The van der Waals surface area contributed by atoms with Crippen LogP contribution in [0.2, 0.25) is 0 Å². The summed E-state index contributed by atoms with van der Waals surface area (Å²) >= 11 is 0. The van der Waals surface area contributed by atoms with Crippen molar-refractivity contribution in [1.82, 2.24) is 5.32 Å². The molecule has 0 radical (unpaired) electrons. The number of carbonyl (C=O) groups excluding carboxylic acids is 1. The van der Waals surface area contributed by atoms with E-state index in [0.717, 1.165) is 11.3 Å². The van der Waals surface area contributed by atoms with Gasteiger partial charge in [-0.15, -0.1) is 0 Å². The van der Waals surface area contributed by atoms with Crippen LogP contribution in [0.15, 0.2) is 18.2 Å². The molecule has 0 fully saturated rings. The summed E-state index contributed by atoms with van der Waals surface area (Å²) in [6.07, 6.45) is 0. The summed E-state index contributed by atoms with van der Waals surface area (Å²) in [5.74, 6) is 0.0278. The number of rotatable bonds is 4. The predicted molar refractivity (Wildman–Crippen MR) is 72.3 cm³/mol. The van der Waals surface area contributed by atoms with Crippen LogP contribution < -0.4 is 10.6 Å². The molecular formula is C14H22N2O. The normalized spacial score (nSPS) is 12.4. The maximum absolute atomic E-state index is 11.8. The third-order valence-corrected chi connectivity index (χ3v) is 2.58. The first kappa shape index (κ1) is 13.6. The molecule has 0 saturated heterocycles. The number of benzene rings is 1. The van der Waals surface area contributed by atoms with Gasteiger partial charge in [0.05, 0.1) is 0 Å². The van der Waals surface area contributed by atoms with E-state index in [1.54, 1.807) is 0 Å². The summed E-state index contributed by atoms with van der Waals surface area (Å²) in [7, 11) is 0. The molecule has 0 unspecified atom stereocenters. The van der Waals surface area contributed by atoms with Gasteiger partial charge in [-0.05, 0) is 46.2 Å². The van der Waals surface area contributed by atoms with Crippen LogP contribution in [0.3, 0.4) is 0 Å². The van der Waals surface area contributed by atoms with Gasteiger partial charge >= 0.3 is 0 Å². The summed E-state index contributed by atoms with van der Waals surface area (Å²) in [6.45, 7) is 9.90. The molecule has 1 aromatic rings. The van der Waals surface area contributed by atoms with E-state index in [1.807, 2.05) is 39.8 Å². The highest BCUT2D eigenvalue weighted by Gasteiger charge is 2.13. The Morgan fingerprint density at radius 2 is 1.82 bits per heavy atom. The fraction of sp³-hybridized carbons (Fsp3) is 0.500. The van der Waals surface area contributed by atoms with Gasteiger partial charge in [0.15, 0.2) is 0 Å². The summed E-state index contributed by atoms with van der Waals surface area (Å²) in [5.41, 5.74) is 3.41. The molecule has 0 aliphatic carbocycles. The number of amides is 1. The molecule has 0 saturated carbocycles. The van der Waals surface area contributed by atoms with E-state index >= 15 is 0 Å². The van der Waals surface area contributed by atoms with Crippen LogP contribution in [0, 0.1) is 13.8 Å². The molecule has 1 rings (SSSR count). The maximum Gasteiger partial charge on any atom is 0.242 e. The number of anilines is 1. The first-order chi connectivity index (χ1) is 7.90. The summed E-state index contributed by atoms with van der Waals surface area (Å²) in [4.78, 5) is 11.8. The number of nitrogens with one attached hydrogen (secondary N) is 2. The first-order valence-corrected chi connectivity index (χ1v) is 6.04. The minimum Gasteiger partial charge on any atom is -0.374 e. The number of hydrogen-bond acceptors (Lipinski definition) is 2. The second-order valence-electron chi connectivity index (χ2n) is 4.85. The van der Waals surface area contributed by atoms with Gasteiger partial charge in [-0.25, -0.2) is 0 Å². The zero-order chi connectivity index (χ0) is 13.0. The lowest BCUT2D eigenvalue weighted by atomic mass is 10.1. The van der Waals surface area contributed by atoms with E-state index in [-0.39, 0.29) is 18.0 Å². The molecule has 0 aliphatic rings. The van der Waals surface area contributed by atoms with Crippen LogP contribution in [0.5, 0.6) is 0 Å². The van der Waals surface area contributed by atoms with Crippen LogP contribution in [0.1, 0.15) is 31.9 Å². The molecule has 0 aromatic heterocycles. The van der Waals surface area contributed by atoms with Gasteiger partial charge in [-0.1, -0.05) is 17.7 Å². The van der Waals surface area contributed by atoms with Crippen molar-refractivity contribution in [1.29, 1.82) is 0 Å². The monoisotopic (exact) mass is 234 g/mol. The smallest absolute Gasteiger partial charge is 0.242 e. The van der Waals surface area contributed by atoms with Gasteiger partial charge in [0.1, 0.15) is 6.04 Å². The van der Waals surface area contributed by atoms with Crippen molar-refractivity contribution in [3.63, 3.8) is 0 Å². The molecule has 3 heteroatoms. The molecule has 0 bridgehead atoms. The Kier molecular flexibility index (Phi) is 4.55. The molecule has 17 heavy (non-hydrogen) atoms. The molecule has 1 aromatic carbocycles. The van der Waals surface area contributed by atoms with Crippen LogP contribution in [-0.4, -0.2) is 18.0 Å². The van der Waals surface area contributed by atoms with Crippen LogP contribution >= 0.6 is 0 Å². The highest BCUT2D eigenvalue weighted by atomic mass is 16.2. The topological polar surface area (TPSA) is 41.1 Å². The molecule has 0 aliphatic heterocycles. The Bertz CT molecular complexity index is 399. The Morgan fingerprint density at radius 1 is 1.18 bits per heavy atom. The molecule has 1 amide bonds. The van der Waals surface area contributed by atoms with Gasteiger partial charge in [-0.3, -0.25) is 4.79 Å². The molecule has 1 atom stereocenters. The van der Waals surface area contributed by atoms with Crippen molar-refractivity contribution < 1.29 is 4.79 Å². The summed E-state index contributed by atoms with van der Waals surface area (Å²) in [6, 6.07) is 6.12. The molecule has 2 N–H and O–H groups in total. The van der Waals surface area contributed by atoms with Crippen molar-refractivity contribution in [2.45, 2.75) is 46.7 Å². The van der Waals surface area contributed by atoms with E-state index in [1.165, 1.54) is 5.56 Å². The lowest BCUT2D eigenvalue weighted by Gasteiger charge is -2.18. The van der Waals surface area contributed by atoms with Crippen molar-refractivity contribution in [2.75, 3.05) is 5.32 Å². The predicted octanol–water partition coefficient (Wildman–Crippen LogP) is 2.63. The zero-order valence-electron chi connectivity index (χ0n) is 11.3. The summed E-state index contributed by atoms with van der Waals surface area (Å²) in [5, 5.41) is 6.12. The maximum atomic E-state index is 11.8. The number of carbonyl (C=O) groups is 1. The first-order valence-electron chi connectivity index (χ1n) is 6.04. The minimum atomic E-state index is -0.223. The fourth-order valence-corrected chi connectivity index (χ4v) is 1.68. The largest absolute Gasteiger partial charge is 0.374 e.